The maximum atomic E-state index is 12.0. The fraction of sp³-hybridized carbons (Fsp3) is 0.692. The lowest BCUT2D eigenvalue weighted by atomic mass is 9.93. The predicted octanol–water partition coefficient (Wildman–Crippen LogP) is 0.731. The van der Waals surface area contributed by atoms with Gasteiger partial charge in [0.1, 0.15) is 6.54 Å². The quantitative estimate of drug-likeness (QED) is 0.838. The minimum atomic E-state index is 0.186. The smallest absolute Gasteiger partial charge is 0.244 e. The van der Waals surface area contributed by atoms with Gasteiger partial charge in [-0.15, -0.1) is 0 Å². The van der Waals surface area contributed by atoms with Crippen LogP contribution in [0.2, 0.25) is 0 Å². The van der Waals surface area contributed by atoms with E-state index in [-0.39, 0.29) is 5.91 Å². The molecule has 18 heavy (non-hydrogen) atoms. The lowest BCUT2D eigenvalue weighted by Gasteiger charge is -2.32. The van der Waals surface area contributed by atoms with Crippen molar-refractivity contribution in [3.63, 3.8) is 0 Å². The zero-order valence-corrected chi connectivity index (χ0v) is 11.0. The molecule has 1 saturated heterocycles. The molecule has 0 aromatic carbocycles. The Morgan fingerprint density at radius 1 is 1.44 bits per heavy atom. The Hall–Kier alpha value is -1.36. The molecule has 2 rings (SSSR count). The Bertz CT molecular complexity index is 355. The van der Waals surface area contributed by atoms with Crippen molar-refractivity contribution in [2.24, 2.45) is 5.92 Å². The third-order valence-electron chi connectivity index (χ3n) is 3.63. The zero-order valence-electron chi connectivity index (χ0n) is 11.0. The number of carbonyl (C=O) groups is 1. The largest absolute Gasteiger partial charge is 0.341 e. The number of amides is 1. The molecule has 5 nitrogen and oxygen atoms in total. The van der Waals surface area contributed by atoms with Crippen LogP contribution in [0.4, 0.5) is 0 Å². The number of hydrogen-bond acceptors (Lipinski definition) is 3. The molecule has 0 atom stereocenters. The van der Waals surface area contributed by atoms with Crippen molar-refractivity contribution < 1.29 is 4.79 Å². The molecule has 100 valence electrons. The first-order valence-electron chi connectivity index (χ1n) is 6.69. The van der Waals surface area contributed by atoms with Crippen LogP contribution in [0.5, 0.6) is 0 Å². The topological polar surface area (TPSA) is 50.2 Å². The summed E-state index contributed by atoms with van der Waals surface area (Å²) in [5, 5.41) is 7.25. The van der Waals surface area contributed by atoms with E-state index in [0.717, 1.165) is 38.4 Å². The maximum Gasteiger partial charge on any atom is 0.244 e. The number of piperidine rings is 1. The Morgan fingerprint density at radius 2 is 2.22 bits per heavy atom. The van der Waals surface area contributed by atoms with Crippen LogP contribution in [-0.4, -0.2) is 47.3 Å². The van der Waals surface area contributed by atoms with Gasteiger partial charge in [0, 0.05) is 25.5 Å². The van der Waals surface area contributed by atoms with Crippen LogP contribution in [0.15, 0.2) is 18.5 Å². The maximum absolute atomic E-state index is 12.0. The van der Waals surface area contributed by atoms with E-state index in [4.69, 9.17) is 0 Å². The van der Waals surface area contributed by atoms with Crippen molar-refractivity contribution in [2.75, 3.05) is 26.7 Å². The summed E-state index contributed by atoms with van der Waals surface area (Å²) in [5.41, 5.74) is 0. The monoisotopic (exact) mass is 250 g/mol. The summed E-state index contributed by atoms with van der Waals surface area (Å²) in [4.78, 5) is 14.0. The molecule has 1 fully saturated rings. The molecular weight excluding hydrogens is 228 g/mol. The molecule has 0 spiro atoms. The molecule has 1 aromatic heterocycles. The molecule has 0 aliphatic carbocycles. The molecule has 5 heteroatoms. The number of aromatic nitrogens is 2. The van der Waals surface area contributed by atoms with Crippen LogP contribution in [0, 0.1) is 5.92 Å². The average Bonchev–Trinajstić information content (AvgIpc) is 2.89. The fourth-order valence-corrected chi connectivity index (χ4v) is 2.45. The summed E-state index contributed by atoms with van der Waals surface area (Å²) in [6.45, 7) is 3.24. The van der Waals surface area contributed by atoms with Gasteiger partial charge in [0.05, 0.1) is 0 Å². The summed E-state index contributed by atoms with van der Waals surface area (Å²) in [6.07, 6.45) is 7.02. The Kier molecular flexibility index (Phi) is 4.75. The molecule has 0 bridgehead atoms. The fourth-order valence-electron chi connectivity index (χ4n) is 2.45. The summed E-state index contributed by atoms with van der Waals surface area (Å²) in [5.74, 6) is 0.956. The van der Waals surface area contributed by atoms with Crippen LogP contribution < -0.4 is 5.32 Å². The molecule has 0 unspecified atom stereocenters. The lowest BCUT2D eigenvalue weighted by Crippen LogP contribution is -2.40. The Balaban J connectivity index is 1.73. The zero-order chi connectivity index (χ0) is 12.8. The van der Waals surface area contributed by atoms with Gasteiger partial charge in [-0.25, -0.2) is 0 Å². The van der Waals surface area contributed by atoms with Crippen LogP contribution in [0.1, 0.15) is 19.3 Å². The number of likely N-dealkylation sites (tertiary alicyclic amines) is 1. The highest BCUT2D eigenvalue weighted by molar-refractivity contribution is 5.75. The average molecular weight is 250 g/mol. The number of hydrogen-bond donors (Lipinski definition) is 1. The van der Waals surface area contributed by atoms with Gasteiger partial charge in [0.25, 0.3) is 0 Å². The van der Waals surface area contributed by atoms with E-state index in [1.54, 1.807) is 10.9 Å². The molecule has 1 amide bonds. The van der Waals surface area contributed by atoms with E-state index in [9.17, 15) is 4.79 Å². The standard InChI is InChI=1S/C13H22N4O/c1-14-7-3-12-4-9-16(10-5-12)13(18)11-17-8-2-6-15-17/h2,6,8,12,14H,3-5,7,9-11H2,1H3. The third kappa shape index (κ3) is 3.57. The minimum Gasteiger partial charge on any atom is -0.341 e. The minimum absolute atomic E-state index is 0.186. The van der Waals surface area contributed by atoms with Gasteiger partial charge in [0.15, 0.2) is 0 Å². The number of nitrogens with zero attached hydrogens (tertiary/aromatic N) is 3. The van der Waals surface area contributed by atoms with Gasteiger partial charge in [-0.1, -0.05) is 0 Å². The van der Waals surface area contributed by atoms with Crippen molar-refractivity contribution in [3.8, 4) is 0 Å². The van der Waals surface area contributed by atoms with Gasteiger partial charge in [-0.2, -0.15) is 5.10 Å². The van der Waals surface area contributed by atoms with Crippen molar-refractivity contribution in [1.82, 2.24) is 20.0 Å². The summed E-state index contributed by atoms with van der Waals surface area (Å²) in [7, 11) is 1.99. The summed E-state index contributed by atoms with van der Waals surface area (Å²) >= 11 is 0. The van der Waals surface area contributed by atoms with Crippen LogP contribution in [0.25, 0.3) is 0 Å². The van der Waals surface area contributed by atoms with Crippen molar-refractivity contribution >= 4 is 5.91 Å². The number of rotatable bonds is 5. The van der Waals surface area contributed by atoms with Gasteiger partial charge in [-0.05, 0) is 44.8 Å². The molecule has 2 heterocycles. The lowest BCUT2D eigenvalue weighted by molar-refractivity contribution is -0.133. The van der Waals surface area contributed by atoms with Crippen molar-refractivity contribution in [3.05, 3.63) is 18.5 Å². The molecule has 1 aromatic rings. The first kappa shape index (κ1) is 13.1. The van der Waals surface area contributed by atoms with Crippen LogP contribution in [-0.2, 0) is 11.3 Å². The van der Waals surface area contributed by atoms with E-state index >= 15 is 0 Å². The summed E-state index contributed by atoms with van der Waals surface area (Å²) < 4.78 is 1.69. The number of nitrogens with one attached hydrogen (secondary N) is 1. The Morgan fingerprint density at radius 3 is 2.83 bits per heavy atom. The van der Waals surface area contributed by atoms with E-state index in [1.807, 2.05) is 24.2 Å². The number of carbonyl (C=O) groups excluding carboxylic acids is 1. The normalized spacial score (nSPS) is 17.1. The molecule has 0 radical (unpaired) electrons. The highest BCUT2D eigenvalue weighted by Crippen LogP contribution is 2.20. The molecule has 0 saturated carbocycles. The van der Waals surface area contributed by atoms with E-state index in [0.29, 0.717) is 6.54 Å². The Labute approximate surface area is 108 Å². The second-order valence-electron chi connectivity index (χ2n) is 4.92. The molecule has 1 aliphatic rings. The van der Waals surface area contributed by atoms with Crippen LogP contribution >= 0.6 is 0 Å². The highest BCUT2D eigenvalue weighted by Gasteiger charge is 2.22. The predicted molar refractivity (Wildman–Crippen MR) is 70.1 cm³/mol. The third-order valence-corrected chi connectivity index (χ3v) is 3.63. The van der Waals surface area contributed by atoms with E-state index in [2.05, 4.69) is 10.4 Å². The first-order chi connectivity index (χ1) is 8.79. The summed E-state index contributed by atoms with van der Waals surface area (Å²) in [6, 6.07) is 1.84. The molecule has 1 N–H and O–H groups in total. The highest BCUT2D eigenvalue weighted by atomic mass is 16.2. The van der Waals surface area contributed by atoms with E-state index < -0.39 is 0 Å². The second kappa shape index (κ2) is 6.54. The van der Waals surface area contributed by atoms with Crippen molar-refractivity contribution in [2.45, 2.75) is 25.8 Å². The van der Waals surface area contributed by atoms with Crippen molar-refractivity contribution in [1.29, 1.82) is 0 Å². The molecule has 1 aliphatic heterocycles. The van der Waals surface area contributed by atoms with Crippen LogP contribution in [0.3, 0.4) is 0 Å². The van der Waals surface area contributed by atoms with Gasteiger partial charge < -0.3 is 10.2 Å². The van der Waals surface area contributed by atoms with Gasteiger partial charge in [0.2, 0.25) is 5.91 Å². The SMILES string of the molecule is CNCCC1CCN(C(=O)Cn2cccn2)CC1. The van der Waals surface area contributed by atoms with E-state index in [1.165, 1.54) is 6.42 Å². The first-order valence-corrected chi connectivity index (χ1v) is 6.69. The van der Waals surface area contributed by atoms with Gasteiger partial charge in [-0.3, -0.25) is 9.48 Å². The molecular formula is C13H22N4O. The second-order valence-corrected chi connectivity index (χ2v) is 4.92. The van der Waals surface area contributed by atoms with Gasteiger partial charge >= 0.3 is 0 Å².